The average molecular weight is 240 g/mol. The van der Waals surface area contributed by atoms with E-state index in [1.807, 2.05) is 0 Å². The molecule has 0 aliphatic heterocycles. The van der Waals surface area contributed by atoms with Gasteiger partial charge in [-0.15, -0.1) is 0 Å². The fourth-order valence-electron chi connectivity index (χ4n) is 5.39. The molecule has 0 heterocycles. The lowest BCUT2D eigenvalue weighted by Crippen LogP contribution is -2.75. The highest BCUT2D eigenvalue weighted by atomic mass is 14.8. The van der Waals surface area contributed by atoms with Gasteiger partial charge in [-0.2, -0.15) is 0 Å². The van der Waals surface area contributed by atoms with Gasteiger partial charge in [0.15, 0.2) is 0 Å². The van der Waals surface area contributed by atoms with Crippen LogP contribution in [-0.4, -0.2) is 0 Å². The first-order valence-electron chi connectivity index (χ1n) is 7.90. The topological polar surface area (TPSA) is 0 Å². The molecule has 0 amide bonds. The second-order valence-electron chi connectivity index (χ2n) is 6.68. The summed E-state index contributed by atoms with van der Waals surface area (Å²) in [6.07, 6.45) is 17.2. The smallest absolute Gasteiger partial charge is 0.0133 e. The first-order valence-corrected chi connectivity index (χ1v) is 7.90. The molecule has 0 heteroatoms. The van der Waals surface area contributed by atoms with Crippen molar-refractivity contribution in [2.24, 2.45) is 47.3 Å². The Morgan fingerprint density at radius 1 is 0.722 bits per heavy atom. The van der Waals surface area contributed by atoms with Crippen LogP contribution in [0.15, 0.2) is 36.5 Å². The van der Waals surface area contributed by atoms with E-state index < -0.39 is 0 Å². The van der Waals surface area contributed by atoms with Gasteiger partial charge < -0.3 is 0 Å². The van der Waals surface area contributed by atoms with E-state index in [0.717, 1.165) is 47.3 Å². The third-order valence-corrected chi connectivity index (χ3v) is 6.19. The molecule has 18 heavy (non-hydrogen) atoms. The molecule has 0 radical (unpaired) electrons. The number of rotatable bonds is 4. The molecular formula is C18H24. The minimum absolute atomic E-state index is 0.869. The van der Waals surface area contributed by atoms with Crippen LogP contribution in [0.2, 0.25) is 0 Å². The molecular weight excluding hydrogens is 216 g/mol. The van der Waals surface area contributed by atoms with E-state index >= 15 is 0 Å². The van der Waals surface area contributed by atoms with E-state index in [2.05, 4.69) is 50.3 Å². The zero-order valence-electron chi connectivity index (χ0n) is 11.5. The lowest BCUT2D eigenvalue weighted by atomic mass is 9.25. The zero-order valence-corrected chi connectivity index (χ0v) is 11.5. The number of fused-ring (bicyclic) bond motifs is 7. The molecule has 4 aliphatic carbocycles. The fraction of sp³-hybridized carbons (Fsp3) is 0.667. The van der Waals surface area contributed by atoms with Crippen molar-refractivity contribution in [1.29, 1.82) is 0 Å². The maximum Gasteiger partial charge on any atom is -0.0133 e. The van der Waals surface area contributed by atoms with Crippen molar-refractivity contribution in [3.05, 3.63) is 36.5 Å². The first kappa shape index (κ1) is 11.1. The second-order valence-corrected chi connectivity index (χ2v) is 6.68. The van der Waals surface area contributed by atoms with Crippen molar-refractivity contribution >= 4 is 0 Å². The summed E-state index contributed by atoms with van der Waals surface area (Å²) in [5.74, 6) is 7.94. The molecule has 0 bridgehead atoms. The number of allylic oxidation sites excluding steroid dienone is 6. The summed E-state index contributed by atoms with van der Waals surface area (Å²) >= 11 is 0. The summed E-state index contributed by atoms with van der Waals surface area (Å²) in [5.41, 5.74) is 0. The molecule has 96 valence electrons. The van der Waals surface area contributed by atoms with E-state index in [-0.39, 0.29) is 0 Å². The SMILES string of the molecule is CC/C=C/[C@@H]1[C@H](/C=C/CC)[C@@H]2[C@H]3[C@H]4C=C[C@H]4[C@H]3[C@H]12. The van der Waals surface area contributed by atoms with E-state index in [4.69, 9.17) is 0 Å². The van der Waals surface area contributed by atoms with Gasteiger partial charge in [-0.1, -0.05) is 50.3 Å². The second kappa shape index (κ2) is 3.85. The van der Waals surface area contributed by atoms with E-state index in [1.165, 1.54) is 12.8 Å². The van der Waals surface area contributed by atoms with Crippen molar-refractivity contribution < 1.29 is 0 Å². The summed E-state index contributed by atoms with van der Waals surface area (Å²) in [4.78, 5) is 0. The van der Waals surface area contributed by atoms with Gasteiger partial charge >= 0.3 is 0 Å². The van der Waals surface area contributed by atoms with Crippen LogP contribution in [0.1, 0.15) is 26.7 Å². The van der Waals surface area contributed by atoms with Crippen LogP contribution in [-0.2, 0) is 0 Å². The van der Waals surface area contributed by atoms with E-state index in [0.29, 0.717) is 0 Å². The van der Waals surface area contributed by atoms with Crippen LogP contribution in [0.4, 0.5) is 0 Å². The Morgan fingerprint density at radius 3 is 1.50 bits per heavy atom. The molecule has 3 fully saturated rings. The monoisotopic (exact) mass is 240 g/mol. The molecule has 4 aliphatic rings. The normalized spacial score (nSPS) is 55.0. The van der Waals surface area contributed by atoms with Crippen LogP contribution in [0.5, 0.6) is 0 Å². The van der Waals surface area contributed by atoms with Gasteiger partial charge in [0.1, 0.15) is 0 Å². The quantitative estimate of drug-likeness (QED) is 0.636. The molecule has 0 saturated heterocycles. The Kier molecular flexibility index (Phi) is 2.37. The first-order chi connectivity index (χ1) is 8.88. The largest absolute Gasteiger partial charge is 0.0885 e. The van der Waals surface area contributed by atoms with Crippen LogP contribution < -0.4 is 0 Å². The highest BCUT2D eigenvalue weighted by Gasteiger charge is 2.74. The third kappa shape index (κ3) is 1.13. The minimum Gasteiger partial charge on any atom is -0.0885 e. The van der Waals surface area contributed by atoms with Crippen LogP contribution >= 0.6 is 0 Å². The Hall–Kier alpha value is -0.780. The summed E-state index contributed by atoms with van der Waals surface area (Å²) in [6, 6.07) is 0. The highest BCUT2D eigenvalue weighted by molar-refractivity contribution is 5.35. The molecule has 0 aromatic rings. The van der Waals surface area contributed by atoms with E-state index in [1.54, 1.807) is 0 Å². The van der Waals surface area contributed by atoms with Gasteiger partial charge in [-0.05, 0) is 60.2 Å². The molecule has 0 unspecified atom stereocenters. The van der Waals surface area contributed by atoms with E-state index in [9.17, 15) is 0 Å². The predicted molar refractivity (Wildman–Crippen MR) is 75.9 cm³/mol. The van der Waals surface area contributed by atoms with Gasteiger partial charge in [0.2, 0.25) is 0 Å². The van der Waals surface area contributed by atoms with Crippen molar-refractivity contribution in [2.45, 2.75) is 26.7 Å². The minimum atomic E-state index is 0.869. The molecule has 3 saturated carbocycles. The maximum absolute atomic E-state index is 2.54. The molecule has 0 N–H and O–H groups in total. The lowest BCUT2D eigenvalue weighted by molar-refractivity contribution is -0.275. The molecule has 4 rings (SSSR count). The summed E-state index contributed by atoms with van der Waals surface area (Å²) in [5, 5.41) is 0. The summed E-state index contributed by atoms with van der Waals surface area (Å²) in [6.45, 7) is 4.50. The van der Waals surface area contributed by atoms with Crippen LogP contribution in [0, 0.1) is 47.3 Å². The Balaban J connectivity index is 1.53. The predicted octanol–water partition coefficient (Wildman–Crippen LogP) is 4.46. The summed E-state index contributed by atoms with van der Waals surface area (Å²) < 4.78 is 0. The Labute approximate surface area is 111 Å². The Bertz CT molecular complexity index is 387. The summed E-state index contributed by atoms with van der Waals surface area (Å²) in [7, 11) is 0. The highest BCUT2D eigenvalue weighted by Crippen LogP contribution is 2.78. The lowest BCUT2D eigenvalue weighted by Gasteiger charge is -2.78. The maximum atomic E-state index is 2.54. The van der Waals surface area contributed by atoms with Crippen molar-refractivity contribution in [3.8, 4) is 0 Å². The van der Waals surface area contributed by atoms with Crippen molar-refractivity contribution in [3.63, 3.8) is 0 Å². The molecule has 0 aromatic carbocycles. The van der Waals surface area contributed by atoms with Crippen molar-refractivity contribution in [1.82, 2.24) is 0 Å². The van der Waals surface area contributed by atoms with Gasteiger partial charge in [0.05, 0.1) is 0 Å². The van der Waals surface area contributed by atoms with Crippen LogP contribution in [0.25, 0.3) is 0 Å². The third-order valence-electron chi connectivity index (χ3n) is 6.19. The standard InChI is InChI=1S/C18H24/c1-3-5-7-11-12(8-6-4-2)16-15(11)17-13-9-10-14(13)18(16)17/h5-18H,3-4H2,1-2H3/b7-5+,8-6+/t11-,12+,13-,14+,15-,16+,17+,18-. The molecule has 0 spiro atoms. The van der Waals surface area contributed by atoms with Gasteiger partial charge in [-0.25, -0.2) is 0 Å². The molecule has 0 aromatic heterocycles. The van der Waals surface area contributed by atoms with Gasteiger partial charge in [-0.3, -0.25) is 0 Å². The van der Waals surface area contributed by atoms with Gasteiger partial charge in [0.25, 0.3) is 0 Å². The Morgan fingerprint density at radius 2 is 1.17 bits per heavy atom. The van der Waals surface area contributed by atoms with Gasteiger partial charge in [0, 0.05) is 0 Å². The fourth-order valence-corrected chi connectivity index (χ4v) is 5.39. The van der Waals surface area contributed by atoms with Crippen molar-refractivity contribution in [2.75, 3.05) is 0 Å². The average Bonchev–Trinajstić information content (AvgIpc) is 2.33. The molecule has 0 nitrogen and oxygen atoms in total. The zero-order chi connectivity index (χ0) is 12.3. The molecule has 8 atom stereocenters. The van der Waals surface area contributed by atoms with Crippen LogP contribution in [0.3, 0.4) is 0 Å². The number of hydrogen-bond acceptors (Lipinski definition) is 0. The number of hydrogen-bond donors (Lipinski definition) is 0.